The second-order valence-electron chi connectivity index (χ2n) is 5.84. The summed E-state index contributed by atoms with van der Waals surface area (Å²) >= 11 is 0. The molecule has 0 heterocycles. The van der Waals surface area contributed by atoms with E-state index in [1.54, 1.807) is 0 Å². The molecule has 0 bridgehead atoms. The minimum absolute atomic E-state index is 0.0666. The van der Waals surface area contributed by atoms with Crippen molar-refractivity contribution in [2.45, 2.75) is 51.2 Å². The van der Waals surface area contributed by atoms with Crippen molar-refractivity contribution in [3.8, 4) is 0 Å². The van der Waals surface area contributed by atoms with Crippen LogP contribution in [0.1, 0.15) is 51.1 Å². The highest BCUT2D eigenvalue weighted by Gasteiger charge is 2.31. The predicted molar refractivity (Wildman–Crippen MR) is 80.6 cm³/mol. The van der Waals surface area contributed by atoms with Gasteiger partial charge in [-0.2, -0.15) is 0 Å². The van der Waals surface area contributed by atoms with Crippen LogP contribution in [0, 0.1) is 0 Å². The quantitative estimate of drug-likeness (QED) is 0.774. The summed E-state index contributed by atoms with van der Waals surface area (Å²) in [6.07, 6.45) is 4.01. The minimum Gasteiger partial charge on any atom is -0.389 e. The van der Waals surface area contributed by atoms with Crippen LogP contribution in [0.4, 0.5) is 5.69 Å². The highest BCUT2D eigenvalue weighted by Crippen LogP contribution is 2.29. The molecule has 2 rings (SSSR count). The van der Waals surface area contributed by atoms with Crippen molar-refractivity contribution in [1.82, 2.24) is 5.32 Å². The smallest absolute Gasteiger partial charge is 0.221 e. The van der Waals surface area contributed by atoms with Gasteiger partial charge in [0.1, 0.15) is 0 Å². The van der Waals surface area contributed by atoms with Crippen LogP contribution < -0.4 is 10.6 Å². The Morgan fingerprint density at radius 3 is 2.75 bits per heavy atom. The monoisotopic (exact) mass is 276 g/mol. The zero-order valence-electron chi connectivity index (χ0n) is 12.3. The Balaban J connectivity index is 1.94. The van der Waals surface area contributed by atoms with E-state index < -0.39 is 5.60 Å². The molecule has 4 nitrogen and oxygen atoms in total. The first-order valence-corrected chi connectivity index (χ1v) is 7.32. The number of nitrogens with one attached hydrogen (secondary N) is 2. The van der Waals surface area contributed by atoms with E-state index in [1.165, 1.54) is 6.92 Å². The van der Waals surface area contributed by atoms with E-state index in [1.807, 2.05) is 24.3 Å². The van der Waals surface area contributed by atoms with E-state index in [0.29, 0.717) is 6.54 Å². The zero-order chi connectivity index (χ0) is 14.6. The van der Waals surface area contributed by atoms with Gasteiger partial charge in [-0.15, -0.1) is 0 Å². The molecule has 1 amide bonds. The number of aliphatic hydroxyl groups is 1. The summed E-state index contributed by atoms with van der Waals surface area (Å²) in [5, 5.41) is 16.5. The zero-order valence-corrected chi connectivity index (χ0v) is 12.3. The Morgan fingerprint density at radius 1 is 1.40 bits per heavy atom. The average Bonchev–Trinajstić information content (AvgIpc) is 2.83. The molecule has 1 aromatic carbocycles. The fourth-order valence-electron chi connectivity index (χ4n) is 2.76. The summed E-state index contributed by atoms with van der Waals surface area (Å²) in [6, 6.07) is 7.96. The van der Waals surface area contributed by atoms with Gasteiger partial charge in [-0.1, -0.05) is 25.0 Å². The molecule has 0 aromatic heterocycles. The van der Waals surface area contributed by atoms with Gasteiger partial charge in [-0.3, -0.25) is 4.79 Å². The number of carbonyl (C=O) groups excluding carboxylic acids is 1. The second-order valence-corrected chi connectivity index (χ2v) is 5.84. The molecule has 1 atom stereocenters. The fourth-order valence-corrected chi connectivity index (χ4v) is 2.76. The number of rotatable bonds is 5. The van der Waals surface area contributed by atoms with Gasteiger partial charge in [-0.05, 0) is 37.5 Å². The topological polar surface area (TPSA) is 61.4 Å². The van der Waals surface area contributed by atoms with Crippen LogP contribution in [-0.4, -0.2) is 23.2 Å². The van der Waals surface area contributed by atoms with Crippen LogP contribution in [0.5, 0.6) is 0 Å². The lowest BCUT2D eigenvalue weighted by molar-refractivity contribution is -0.114. The lowest BCUT2D eigenvalue weighted by Crippen LogP contribution is -2.39. The van der Waals surface area contributed by atoms with E-state index >= 15 is 0 Å². The molecule has 1 aromatic rings. The highest BCUT2D eigenvalue weighted by atomic mass is 16.3. The first-order chi connectivity index (χ1) is 9.48. The Morgan fingerprint density at radius 2 is 2.10 bits per heavy atom. The fraction of sp³-hybridized carbons (Fsp3) is 0.562. The first kappa shape index (κ1) is 15.0. The number of amides is 1. The van der Waals surface area contributed by atoms with Gasteiger partial charge >= 0.3 is 0 Å². The van der Waals surface area contributed by atoms with Crippen molar-refractivity contribution in [2.75, 3.05) is 11.9 Å². The molecule has 0 spiro atoms. The summed E-state index contributed by atoms with van der Waals surface area (Å²) < 4.78 is 0. The van der Waals surface area contributed by atoms with Gasteiger partial charge in [0.15, 0.2) is 0 Å². The van der Waals surface area contributed by atoms with E-state index in [4.69, 9.17) is 0 Å². The van der Waals surface area contributed by atoms with Gasteiger partial charge in [-0.25, -0.2) is 0 Å². The van der Waals surface area contributed by atoms with Crippen LogP contribution in [0.2, 0.25) is 0 Å². The number of benzene rings is 1. The highest BCUT2D eigenvalue weighted by molar-refractivity contribution is 5.88. The number of hydrogen-bond acceptors (Lipinski definition) is 3. The summed E-state index contributed by atoms with van der Waals surface area (Å²) in [5.41, 5.74) is 1.38. The Kier molecular flexibility index (Phi) is 4.78. The normalized spacial score (nSPS) is 18.8. The van der Waals surface area contributed by atoms with Gasteiger partial charge in [0, 0.05) is 25.2 Å². The second kappa shape index (κ2) is 6.37. The number of hydrogen-bond donors (Lipinski definition) is 3. The van der Waals surface area contributed by atoms with E-state index in [-0.39, 0.29) is 11.9 Å². The number of anilines is 1. The van der Waals surface area contributed by atoms with E-state index in [2.05, 4.69) is 17.6 Å². The van der Waals surface area contributed by atoms with Crippen LogP contribution in [0.3, 0.4) is 0 Å². The van der Waals surface area contributed by atoms with Crippen LogP contribution >= 0.6 is 0 Å². The average molecular weight is 276 g/mol. The molecular formula is C16H24N2O2. The lowest BCUT2D eigenvalue weighted by Gasteiger charge is -2.25. The van der Waals surface area contributed by atoms with Crippen molar-refractivity contribution in [3.63, 3.8) is 0 Å². The van der Waals surface area contributed by atoms with Crippen molar-refractivity contribution in [2.24, 2.45) is 0 Å². The van der Waals surface area contributed by atoms with Crippen LogP contribution in [-0.2, 0) is 4.79 Å². The molecule has 1 unspecified atom stereocenters. The SMILES string of the molecule is CC(=O)Nc1cccc(C(C)NCC2(O)CCCC2)c1. The minimum atomic E-state index is -0.538. The Hall–Kier alpha value is -1.39. The molecule has 1 aliphatic carbocycles. The van der Waals surface area contributed by atoms with Crippen molar-refractivity contribution < 1.29 is 9.90 Å². The maximum atomic E-state index is 11.1. The predicted octanol–water partition coefficient (Wildman–Crippen LogP) is 2.60. The van der Waals surface area contributed by atoms with Gasteiger partial charge in [0.25, 0.3) is 0 Å². The molecule has 3 N–H and O–H groups in total. The Bertz CT molecular complexity index is 467. The molecule has 0 radical (unpaired) electrons. The van der Waals surface area contributed by atoms with E-state index in [0.717, 1.165) is 36.9 Å². The van der Waals surface area contributed by atoms with Gasteiger partial charge in [0.05, 0.1) is 5.60 Å². The summed E-state index contributed by atoms with van der Waals surface area (Å²) in [5.74, 6) is -0.0666. The molecule has 110 valence electrons. The molecule has 20 heavy (non-hydrogen) atoms. The van der Waals surface area contributed by atoms with Gasteiger partial charge in [0.2, 0.25) is 5.91 Å². The summed E-state index contributed by atoms with van der Waals surface area (Å²) in [7, 11) is 0. The third-order valence-electron chi connectivity index (χ3n) is 3.98. The van der Waals surface area contributed by atoms with E-state index in [9.17, 15) is 9.90 Å². The molecule has 4 heteroatoms. The van der Waals surface area contributed by atoms with Crippen LogP contribution in [0.15, 0.2) is 24.3 Å². The first-order valence-electron chi connectivity index (χ1n) is 7.32. The largest absolute Gasteiger partial charge is 0.389 e. The molecule has 0 saturated heterocycles. The third kappa shape index (κ3) is 4.05. The summed E-state index contributed by atoms with van der Waals surface area (Å²) in [6.45, 7) is 4.20. The van der Waals surface area contributed by atoms with Crippen LogP contribution in [0.25, 0.3) is 0 Å². The molecule has 1 aliphatic rings. The van der Waals surface area contributed by atoms with Gasteiger partial charge < -0.3 is 15.7 Å². The van der Waals surface area contributed by atoms with Crippen molar-refractivity contribution >= 4 is 11.6 Å². The van der Waals surface area contributed by atoms with Crippen molar-refractivity contribution in [1.29, 1.82) is 0 Å². The molecule has 1 fully saturated rings. The standard InChI is InChI=1S/C16H24N2O2/c1-12(17-11-16(20)8-3-4-9-16)14-6-5-7-15(10-14)18-13(2)19/h5-7,10,12,17,20H,3-4,8-9,11H2,1-2H3,(H,18,19). The summed E-state index contributed by atoms with van der Waals surface area (Å²) in [4.78, 5) is 11.1. The molecular weight excluding hydrogens is 252 g/mol. The van der Waals surface area contributed by atoms with Crippen molar-refractivity contribution in [3.05, 3.63) is 29.8 Å². The molecule has 1 saturated carbocycles. The molecule has 0 aliphatic heterocycles. The Labute approximate surface area is 120 Å². The third-order valence-corrected chi connectivity index (χ3v) is 3.98. The number of carbonyl (C=O) groups is 1. The lowest BCUT2D eigenvalue weighted by atomic mass is 10.0. The maximum Gasteiger partial charge on any atom is 0.221 e. The maximum absolute atomic E-state index is 11.1.